The summed E-state index contributed by atoms with van der Waals surface area (Å²) in [4.78, 5) is 17.5. The number of pyridine rings is 1. The number of nitrogens with one attached hydrogen (secondary N) is 2. The van der Waals surface area contributed by atoms with Crippen molar-refractivity contribution in [2.75, 3.05) is 5.32 Å². The number of nitrogens with zero attached hydrogens (tertiary/aromatic N) is 1. The van der Waals surface area contributed by atoms with Gasteiger partial charge < -0.3 is 10.6 Å². The van der Waals surface area contributed by atoms with Crippen LogP contribution < -0.4 is 10.6 Å². The summed E-state index contributed by atoms with van der Waals surface area (Å²) in [5.74, 6) is 0.568. The largest absolute Gasteiger partial charge is 0.350 e. The van der Waals surface area contributed by atoms with Crippen LogP contribution >= 0.6 is 22.9 Å². The number of anilines is 2. The Balaban J connectivity index is 1.92. The lowest BCUT2D eigenvalue weighted by Gasteiger charge is -2.14. The minimum atomic E-state index is -0.124. The number of carbonyl (C=O) groups is 1. The van der Waals surface area contributed by atoms with Crippen molar-refractivity contribution in [3.63, 3.8) is 0 Å². The van der Waals surface area contributed by atoms with Crippen molar-refractivity contribution in [1.29, 1.82) is 0 Å². The minimum Gasteiger partial charge on any atom is -0.350 e. The van der Waals surface area contributed by atoms with Crippen molar-refractivity contribution in [3.05, 3.63) is 63.8 Å². The molecule has 27 heavy (non-hydrogen) atoms. The van der Waals surface area contributed by atoms with Crippen LogP contribution in [0.25, 0.3) is 21.7 Å². The van der Waals surface area contributed by atoms with Gasteiger partial charge in [-0.05, 0) is 37.4 Å². The molecule has 6 heteroatoms. The second-order valence-corrected chi connectivity index (χ2v) is 7.75. The van der Waals surface area contributed by atoms with Crippen molar-refractivity contribution < 1.29 is 4.79 Å². The maximum absolute atomic E-state index is 12.7. The first kappa shape index (κ1) is 17.8. The number of hydrogen-bond donors (Lipinski definition) is 2. The number of thiophene rings is 1. The Morgan fingerprint density at radius 1 is 1.04 bits per heavy atom. The molecule has 0 aliphatic carbocycles. The van der Waals surface area contributed by atoms with E-state index in [1.807, 2.05) is 56.3 Å². The fourth-order valence-electron chi connectivity index (χ4n) is 3.05. The van der Waals surface area contributed by atoms with Gasteiger partial charge in [0.25, 0.3) is 5.91 Å². The van der Waals surface area contributed by atoms with Crippen LogP contribution in [0.1, 0.15) is 24.2 Å². The molecular formula is C21H18ClN3OS. The Morgan fingerprint density at radius 2 is 1.81 bits per heavy atom. The summed E-state index contributed by atoms with van der Waals surface area (Å²) in [6.45, 7) is 3.88. The second-order valence-electron chi connectivity index (χ2n) is 6.59. The van der Waals surface area contributed by atoms with Crippen LogP contribution in [0.4, 0.5) is 11.5 Å². The van der Waals surface area contributed by atoms with Crippen LogP contribution in [0.5, 0.6) is 0 Å². The van der Waals surface area contributed by atoms with Gasteiger partial charge in [0.15, 0.2) is 0 Å². The summed E-state index contributed by atoms with van der Waals surface area (Å²) < 4.78 is 0. The van der Waals surface area contributed by atoms with E-state index in [9.17, 15) is 4.79 Å². The molecule has 0 radical (unpaired) electrons. The number of aromatic nitrogens is 1. The molecule has 0 unspecified atom stereocenters. The highest BCUT2D eigenvalue weighted by atomic mass is 35.5. The zero-order chi connectivity index (χ0) is 19.0. The van der Waals surface area contributed by atoms with Gasteiger partial charge in [0.2, 0.25) is 0 Å². The third-order valence-electron chi connectivity index (χ3n) is 4.26. The first-order chi connectivity index (χ1) is 13.0. The molecule has 0 fully saturated rings. The van der Waals surface area contributed by atoms with Gasteiger partial charge in [0, 0.05) is 27.6 Å². The summed E-state index contributed by atoms with van der Waals surface area (Å²) in [5.41, 5.74) is 2.02. The topological polar surface area (TPSA) is 54.0 Å². The molecule has 0 spiro atoms. The number of rotatable bonds is 4. The monoisotopic (exact) mass is 395 g/mol. The van der Waals surface area contributed by atoms with E-state index in [1.165, 1.54) is 0 Å². The fraction of sp³-hybridized carbons (Fsp3) is 0.143. The number of fused-ring (bicyclic) bond motifs is 3. The van der Waals surface area contributed by atoms with Gasteiger partial charge in [-0.3, -0.25) is 4.79 Å². The van der Waals surface area contributed by atoms with Gasteiger partial charge in [-0.2, -0.15) is 11.3 Å². The number of halogens is 1. The van der Waals surface area contributed by atoms with Gasteiger partial charge in [0.1, 0.15) is 5.82 Å². The highest BCUT2D eigenvalue weighted by molar-refractivity contribution is 7.09. The molecule has 0 saturated carbocycles. The van der Waals surface area contributed by atoms with Crippen molar-refractivity contribution >= 4 is 62.0 Å². The van der Waals surface area contributed by atoms with E-state index in [-0.39, 0.29) is 11.9 Å². The van der Waals surface area contributed by atoms with Gasteiger partial charge in [-0.15, -0.1) is 0 Å². The Hall–Kier alpha value is -2.63. The molecule has 2 heterocycles. The number of para-hydroxylation sites is 2. The molecule has 4 rings (SSSR count). The Bertz CT molecular complexity index is 1150. The van der Waals surface area contributed by atoms with Crippen LogP contribution in [0.3, 0.4) is 0 Å². The zero-order valence-electron chi connectivity index (χ0n) is 14.9. The van der Waals surface area contributed by atoms with E-state index in [4.69, 9.17) is 16.6 Å². The van der Waals surface area contributed by atoms with Gasteiger partial charge in [-0.25, -0.2) is 4.98 Å². The molecule has 136 valence electrons. The summed E-state index contributed by atoms with van der Waals surface area (Å²) >= 11 is 7.91. The predicted molar refractivity (Wildman–Crippen MR) is 114 cm³/mol. The van der Waals surface area contributed by atoms with Crippen LogP contribution in [-0.4, -0.2) is 16.9 Å². The highest BCUT2D eigenvalue weighted by Crippen LogP contribution is 2.35. The summed E-state index contributed by atoms with van der Waals surface area (Å²) in [7, 11) is 0. The quantitative estimate of drug-likeness (QED) is 0.446. The number of benzene rings is 2. The number of hydrogen-bond acceptors (Lipinski definition) is 4. The van der Waals surface area contributed by atoms with Crippen molar-refractivity contribution in [2.24, 2.45) is 0 Å². The van der Waals surface area contributed by atoms with Crippen molar-refractivity contribution in [2.45, 2.75) is 19.9 Å². The molecule has 2 aromatic heterocycles. The Morgan fingerprint density at radius 3 is 2.59 bits per heavy atom. The van der Waals surface area contributed by atoms with Crippen molar-refractivity contribution in [1.82, 2.24) is 10.3 Å². The molecular weight excluding hydrogens is 378 g/mol. The molecule has 2 N–H and O–H groups in total. The lowest BCUT2D eigenvalue weighted by Crippen LogP contribution is -2.30. The molecule has 4 aromatic rings. The second kappa shape index (κ2) is 7.18. The molecule has 2 aromatic carbocycles. The third kappa shape index (κ3) is 3.36. The maximum Gasteiger partial charge on any atom is 0.253 e. The van der Waals surface area contributed by atoms with Gasteiger partial charge in [-0.1, -0.05) is 35.9 Å². The molecule has 0 bridgehead atoms. The summed E-state index contributed by atoms with van der Waals surface area (Å²) in [6.07, 6.45) is 0. The molecule has 0 aliphatic rings. The maximum atomic E-state index is 12.7. The smallest absolute Gasteiger partial charge is 0.253 e. The average Bonchev–Trinajstić information content (AvgIpc) is 3.13. The van der Waals surface area contributed by atoms with E-state index in [0.717, 1.165) is 21.8 Å². The van der Waals surface area contributed by atoms with Crippen LogP contribution in [0.15, 0.2) is 53.2 Å². The van der Waals surface area contributed by atoms with E-state index in [2.05, 4.69) is 21.4 Å². The molecule has 0 saturated heterocycles. The SMILES string of the molecule is CC(C)NC(=O)c1cccc2c1nc(Nc1ccccc1Cl)c1cscc12. The molecule has 1 amide bonds. The van der Waals surface area contributed by atoms with Crippen molar-refractivity contribution in [3.8, 4) is 0 Å². The molecule has 4 nitrogen and oxygen atoms in total. The minimum absolute atomic E-state index is 0.0540. The summed E-state index contributed by atoms with van der Waals surface area (Å²) in [5, 5.41) is 14.1. The van der Waals surface area contributed by atoms with Crippen LogP contribution in [-0.2, 0) is 0 Å². The Labute approximate surface area is 166 Å². The lowest BCUT2D eigenvalue weighted by atomic mass is 10.0. The first-order valence-electron chi connectivity index (χ1n) is 8.65. The normalized spacial score (nSPS) is 11.3. The van der Waals surface area contributed by atoms with E-state index >= 15 is 0 Å². The number of amides is 1. The van der Waals surface area contributed by atoms with E-state index in [0.29, 0.717) is 21.9 Å². The average molecular weight is 396 g/mol. The lowest BCUT2D eigenvalue weighted by molar-refractivity contribution is 0.0944. The van der Waals surface area contributed by atoms with E-state index < -0.39 is 0 Å². The highest BCUT2D eigenvalue weighted by Gasteiger charge is 2.17. The standard InChI is InChI=1S/C21H18ClN3OS/c1-12(2)23-21(26)14-7-5-6-13-15-10-27-11-16(15)20(25-19(13)14)24-18-9-4-3-8-17(18)22/h3-12H,1-2H3,(H,23,26)(H,24,25). The Kier molecular flexibility index (Phi) is 4.72. The van der Waals surface area contributed by atoms with Gasteiger partial charge >= 0.3 is 0 Å². The zero-order valence-corrected chi connectivity index (χ0v) is 16.5. The fourth-order valence-corrected chi connectivity index (χ4v) is 4.07. The molecule has 0 atom stereocenters. The first-order valence-corrected chi connectivity index (χ1v) is 9.97. The summed E-state index contributed by atoms with van der Waals surface area (Å²) in [6, 6.07) is 13.3. The van der Waals surface area contributed by atoms with Gasteiger partial charge in [0.05, 0.1) is 21.8 Å². The molecule has 0 aliphatic heterocycles. The predicted octanol–water partition coefficient (Wildman–Crippen LogP) is 5.98. The van der Waals surface area contributed by atoms with E-state index in [1.54, 1.807) is 11.3 Å². The third-order valence-corrected chi connectivity index (χ3v) is 5.33. The van der Waals surface area contributed by atoms with Crippen LogP contribution in [0, 0.1) is 0 Å². The number of carbonyl (C=O) groups excluding carboxylic acids is 1. The van der Waals surface area contributed by atoms with Crippen LogP contribution in [0.2, 0.25) is 5.02 Å².